The maximum atomic E-state index is 9.34. The van der Waals surface area contributed by atoms with E-state index in [9.17, 15) is 5.11 Å². The van der Waals surface area contributed by atoms with Gasteiger partial charge >= 0.3 is 0 Å². The summed E-state index contributed by atoms with van der Waals surface area (Å²) in [5.41, 5.74) is 3.97. The molecule has 2 heteroatoms. The van der Waals surface area contributed by atoms with Gasteiger partial charge in [-0.3, -0.25) is 0 Å². The van der Waals surface area contributed by atoms with E-state index in [2.05, 4.69) is 44.7 Å². The Bertz CT molecular complexity index is 453. The zero-order valence-electron chi connectivity index (χ0n) is 13.2. The molecule has 0 heterocycles. The number of rotatable bonds is 7. The predicted octanol–water partition coefficient (Wildman–Crippen LogP) is 4.91. The van der Waals surface area contributed by atoms with Crippen molar-refractivity contribution in [1.29, 1.82) is 0 Å². The van der Waals surface area contributed by atoms with Gasteiger partial charge in [0.2, 0.25) is 0 Å². The fourth-order valence-corrected chi connectivity index (χ4v) is 2.04. The van der Waals surface area contributed by atoms with Crippen molar-refractivity contribution < 1.29 is 5.11 Å². The van der Waals surface area contributed by atoms with Gasteiger partial charge in [0.05, 0.1) is 0 Å². The van der Waals surface area contributed by atoms with Crippen LogP contribution in [0.15, 0.2) is 47.6 Å². The van der Waals surface area contributed by atoms with Gasteiger partial charge in [-0.1, -0.05) is 23.3 Å². The maximum absolute atomic E-state index is 9.34. The molecule has 1 N–H and O–H groups in total. The van der Waals surface area contributed by atoms with Crippen LogP contribution < -0.4 is 4.90 Å². The number of anilines is 1. The van der Waals surface area contributed by atoms with E-state index in [0.717, 1.165) is 31.6 Å². The van der Waals surface area contributed by atoms with Gasteiger partial charge in [-0.2, -0.15) is 0 Å². The van der Waals surface area contributed by atoms with Crippen LogP contribution >= 0.6 is 0 Å². The summed E-state index contributed by atoms with van der Waals surface area (Å²) in [5, 5.41) is 9.34. The Morgan fingerprint density at radius 2 is 1.75 bits per heavy atom. The van der Waals surface area contributed by atoms with E-state index in [1.807, 2.05) is 12.1 Å². The Morgan fingerprint density at radius 1 is 1.10 bits per heavy atom. The molecule has 0 saturated carbocycles. The number of allylic oxidation sites excluding steroid dienone is 3. The normalized spacial score (nSPS) is 11.3. The van der Waals surface area contributed by atoms with E-state index < -0.39 is 0 Å². The Hall–Kier alpha value is -1.70. The van der Waals surface area contributed by atoms with Crippen molar-refractivity contribution >= 4 is 5.69 Å². The van der Waals surface area contributed by atoms with Gasteiger partial charge in [0.1, 0.15) is 5.75 Å². The molecule has 0 radical (unpaired) electrons. The fraction of sp³-hybridized carbons (Fsp3) is 0.444. The number of hydrogen-bond acceptors (Lipinski definition) is 2. The van der Waals surface area contributed by atoms with E-state index in [1.165, 1.54) is 11.1 Å². The van der Waals surface area contributed by atoms with Crippen molar-refractivity contribution in [1.82, 2.24) is 0 Å². The molecule has 0 aliphatic heterocycles. The highest BCUT2D eigenvalue weighted by atomic mass is 16.3. The van der Waals surface area contributed by atoms with Gasteiger partial charge in [0, 0.05) is 18.8 Å². The third-order valence-electron chi connectivity index (χ3n) is 3.35. The van der Waals surface area contributed by atoms with Gasteiger partial charge in [0.25, 0.3) is 0 Å². The van der Waals surface area contributed by atoms with Crippen LogP contribution in [0.3, 0.4) is 0 Å². The lowest BCUT2D eigenvalue weighted by atomic mass is 10.1. The summed E-state index contributed by atoms with van der Waals surface area (Å²) < 4.78 is 0. The minimum Gasteiger partial charge on any atom is -0.508 e. The molecular weight excluding hydrogens is 246 g/mol. The first-order valence-electron chi connectivity index (χ1n) is 7.36. The van der Waals surface area contributed by atoms with Crippen LogP contribution in [0.5, 0.6) is 5.75 Å². The summed E-state index contributed by atoms with van der Waals surface area (Å²) in [7, 11) is 0. The van der Waals surface area contributed by atoms with Crippen molar-refractivity contribution in [3.8, 4) is 5.75 Å². The number of phenolic OH excluding ortho intramolecular Hbond substituents is 1. The summed E-state index contributed by atoms with van der Waals surface area (Å²) >= 11 is 0. The number of likely N-dealkylation sites (N-methyl/N-ethyl adjacent to an activating group) is 1. The summed E-state index contributed by atoms with van der Waals surface area (Å²) in [6, 6.07) is 7.41. The first-order valence-corrected chi connectivity index (χ1v) is 7.36. The summed E-state index contributed by atoms with van der Waals surface area (Å²) in [4.78, 5) is 2.30. The molecule has 1 rings (SSSR count). The van der Waals surface area contributed by atoms with Gasteiger partial charge in [0.15, 0.2) is 0 Å². The second-order valence-electron chi connectivity index (χ2n) is 5.43. The molecule has 0 atom stereocenters. The fourth-order valence-electron chi connectivity index (χ4n) is 2.04. The van der Waals surface area contributed by atoms with Crippen LogP contribution in [0, 0.1) is 0 Å². The molecule has 110 valence electrons. The maximum Gasteiger partial charge on any atom is 0.115 e. The molecule has 0 bridgehead atoms. The highest BCUT2D eigenvalue weighted by molar-refractivity contribution is 5.49. The third-order valence-corrected chi connectivity index (χ3v) is 3.35. The Morgan fingerprint density at radius 3 is 2.30 bits per heavy atom. The molecule has 0 saturated heterocycles. The second kappa shape index (κ2) is 8.47. The van der Waals surface area contributed by atoms with Crippen molar-refractivity contribution in [2.24, 2.45) is 0 Å². The first kappa shape index (κ1) is 16.4. The van der Waals surface area contributed by atoms with Crippen molar-refractivity contribution in [3.63, 3.8) is 0 Å². The molecule has 0 unspecified atom stereocenters. The second-order valence-corrected chi connectivity index (χ2v) is 5.43. The van der Waals surface area contributed by atoms with Crippen LogP contribution in [0.1, 0.15) is 40.5 Å². The minimum absolute atomic E-state index is 0.318. The van der Waals surface area contributed by atoms with E-state index in [-0.39, 0.29) is 0 Å². The highest BCUT2D eigenvalue weighted by Gasteiger charge is 2.02. The third kappa shape index (κ3) is 5.96. The van der Waals surface area contributed by atoms with E-state index in [0.29, 0.717) is 5.75 Å². The molecule has 1 aromatic rings. The number of nitrogens with zero attached hydrogens (tertiary/aromatic N) is 1. The zero-order valence-corrected chi connectivity index (χ0v) is 13.2. The Labute approximate surface area is 123 Å². The summed E-state index contributed by atoms with van der Waals surface area (Å²) in [5.74, 6) is 0.318. The largest absolute Gasteiger partial charge is 0.508 e. The van der Waals surface area contributed by atoms with Gasteiger partial charge in [-0.15, -0.1) is 0 Å². The summed E-state index contributed by atoms with van der Waals surface area (Å²) in [6.07, 6.45) is 6.83. The van der Waals surface area contributed by atoms with E-state index >= 15 is 0 Å². The van der Waals surface area contributed by atoms with Crippen molar-refractivity contribution in [2.75, 3.05) is 18.0 Å². The van der Waals surface area contributed by atoms with Crippen molar-refractivity contribution in [3.05, 3.63) is 47.6 Å². The molecule has 0 fully saturated rings. The van der Waals surface area contributed by atoms with Crippen LogP contribution in [0.4, 0.5) is 5.69 Å². The average molecular weight is 273 g/mol. The topological polar surface area (TPSA) is 23.5 Å². The molecular formula is C18H27NO. The predicted molar refractivity (Wildman–Crippen MR) is 88.4 cm³/mol. The Balaban J connectivity index is 2.55. The first-order chi connectivity index (χ1) is 9.52. The zero-order chi connectivity index (χ0) is 15.0. The van der Waals surface area contributed by atoms with E-state index in [4.69, 9.17) is 0 Å². The van der Waals surface area contributed by atoms with E-state index in [1.54, 1.807) is 12.1 Å². The molecule has 1 aromatic carbocycles. The van der Waals surface area contributed by atoms with Gasteiger partial charge in [-0.05, 0) is 64.8 Å². The van der Waals surface area contributed by atoms with Gasteiger partial charge < -0.3 is 10.0 Å². The van der Waals surface area contributed by atoms with Crippen LogP contribution in [-0.2, 0) is 0 Å². The average Bonchev–Trinajstić information content (AvgIpc) is 2.41. The van der Waals surface area contributed by atoms with Crippen LogP contribution in [0.25, 0.3) is 0 Å². The van der Waals surface area contributed by atoms with Crippen molar-refractivity contribution in [2.45, 2.75) is 40.5 Å². The summed E-state index contributed by atoms with van der Waals surface area (Å²) in [6.45, 7) is 10.5. The van der Waals surface area contributed by atoms with Crippen LogP contribution in [0.2, 0.25) is 0 Å². The molecule has 0 aromatic heterocycles. The lowest BCUT2D eigenvalue weighted by Gasteiger charge is -2.21. The quantitative estimate of drug-likeness (QED) is 0.713. The minimum atomic E-state index is 0.318. The molecule has 0 aliphatic carbocycles. The standard InChI is InChI=1S/C18H27NO/c1-5-19(17-9-11-18(20)12-10-17)14-13-16(4)8-6-7-15(2)3/h7,9-13,20H,5-6,8,14H2,1-4H3/b16-13+. The van der Waals surface area contributed by atoms with Crippen LogP contribution in [-0.4, -0.2) is 18.2 Å². The highest BCUT2D eigenvalue weighted by Crippen LogP contribution is 2.18. The SMILES string of the molecule is CCN(C/C=C(\C)CCC=C(C)C)c1ccc(O)cc1. The molecule has 0 amide bonds. The number of hydrogen-bond donors (Lipinski definition) is 1. The lowest BCUT2D eigenvalue weighted by Crippen LogP contribution is -2.22. The smallest absolute Gasteiger partial charge is 0.115 e. The monoisotopic (exact) mass is 273 g/mol. The Kier molecular flexibility index (Phi) is 6.92. The lowest BCUT2D eigenvalue weighted by molar-refractivity contribution is 0.475. The number of benzene rings is 1. The molecule has 2 nitrogen and oxygen atoms in total. The number of phenols is 1. The molecule has 0 spiro atoms. The molecule has 0 aliphatic rings. The number of aromatic hydroxyl groups is 1. The van der Waals surface area contributed by atoms with Gasteiger partial charge in [-0.25, -0.2) is 0 Å². The molecule has 20 heavy (non-hydrogen) atoms.